The molecule has 0 aliphatic carbocycles. The molecule has 2 aromatic carbocycles. The SMILES string of the molecule is Cc1c2ccncc2c(C)c2c1[nH]c1c(F)cccc12. The van der Waals surface area contributed by atoms with Crippen molar-refractivity contribution in [2.45, 2.75) is 13.8 Å². The van der Waals surface area contributed by atoms with Crippen molar-refractivity contribution >= 4 is 32.6 Å². The van der Waals surface area contributed by atoms with E-state index < -0.39 is 0 Å². The first-order valence-corrected chi connectivity index (χ1v) is 6.61. The summed E-state index contributed by atoms with van der Waals surface area (Å²) in [4.78, 5) is 7.47. The lowest BCUT2D eigenvalue weighted by atomic mass is 9.97. The Morgan fingerprint density at radius 2 is 1.80 bits per heavy atom. The molecular formula is C17H13FN2. The number of aromatic amines is 1. The van der Waals surface area contributed by atoms with Crippen LogP contribution in [0.15, 0.2) is 36.7 Å². The number of pyridine rings is 1. The molecule has 0 unspecified atom stereocenters. The Bertz CT molecular complexity index is 983. The van der Waals surface area contributed by atoms with Crippen LogP contribution in [0.2, 0.25) is 0 Å². The number of aryl methyl sites for hydroxylation is 2. The molecule has 4 rings (SSSR count). The van der Waals surface area contributed by atoms with E-state index in [9.17, 15) is 4.39 Å². The number of nitrogens with one attached hydrogen (secondary N) is 1. The smallest absolute Gasteiger partial charge is 0.147 e. The Morgan fingerprint density at radius 1 is 0.950 bits per heavy atom. The molecule has 2 aromatic heterocycles. The quantitative estimate of drug-likeness (QED) is 0.493. The maximum atomic E-state index is 14.0. The molecular weight excluding hydrogens is 251 g/mol. The molecule has 0 atom stereocenters. The summed E-state index contributed by atoms with van der Waals surface area (Å²) >= 11 is 0. The molecule has 98 valence electrons. The average Bonchev–Trinajstić information content (AvgIpc) is 2.86. The van der Waals surface area contributed by atoms with Gasteiger partial charge in [0.25, 0.3) is 0 Å². The van der Waals surface area contributed by atoms with Gasteiger partial charge in [-0.05, 0) is 42.5 Å². The fraction of sp³-hybridized carbons (Fsp3) is 0.118. The number of halogens is 1. The minimum Gasteiger partial charge on any atom is -0.352 e. The molecule has 0 fully saturated rings. The summed E-state index contributed by atoms with van der Waals surface area (Å²) < 4.78 is 14.0. The zero-order valence-electron chi connectivity index (χ0n) is 11.3. The fourth-order valence-electron chi connectivity index (χ4n) is 3.14. The van der Waals surface area contributed by atoms with Crippen molar-refractivity contribution in [2.75, 3.05) is 0 Å². The van der Waals surface area contributed by atoms with Gasteiger partial charge in [0.15, 0.2) is 0 Å². The van der Waals surface area contributed by atoms with Crippen molar-refractivity contribution in [3.63, 3.8) is 0 Å². The third-order valence-electron chi connectivity index (χ3n) is 4.16. The summed E-state index contributed by atoms with van der Waals surface area (Å²) in [5.41, 5.74) is 3.88. The second-order valence-electron chi connectivity index (χ2n) is 5.21. The van der Waals surface area contributed by atoms with Crippen LogP contribution in [0.25, 0.3) is 32.6 Å². The number of fused-ring (bicyclic) bond motifs is 4. The van der Waals surface area contributed by atoms with Crippen LogP contribution < -0.4 is 0 Å². The lowest BCUT2D eigenvalue weighted by Gasteiger charge is -2.08. The minimum atomic E-state index is -0.209. The van der Waals surface area contributed by atoms with E-state index in [0.29, 0.717) is 5.52 Å². The van der Waals surface area contributed by atoms with Crippen LogP contribution in [0.3, 0.4) is 0 Å². The van der Waals surface area contributed by atoms with Crippen molar-refractivity contribution in [1.82, 2.24) is 9.97 Å². The third kappa shape index (κ3) is 1.29. The van der Waals surface area contributed by atoms with Gasteiger partial charge in [-0.25, -0.2) is 4.39 Å². The van der Waals surface area contributed by atoms with Crippen molar-refractivity contribution in [1.29, 1.82) is 0 Å². The standard InChI is InChI=1S/C17H13FN2/c1-9-13-8-19-7-6-11(13)10(2)16-15(9)12-4-3-5-14(18)17(12)20-16/h3-8,20H,1-2H3. The summed E-state index contributed by atoms with van der Waals surface area (Å²) in [6.07, 6.45) is 3.68. The van der Waals surface area contributed by atoms with Crippen LogP contribution in [0.5, 0.6) is 0 Å². The second kappa shape index (κ2) is 3.79. The first kappa shape index (κ1) is 11.4. The number of rotatable bonds is 0. The molecule has 3 heteroatoms. The van der Waals surface area contributed by atoms with Gasteiger partial charge >= 0.3 is 0 Å². The highest BCUT2D eigenvalue weighted by Crippen LogP contribution is 2.36. The fourth-order valence-corrected chi connectivity index (χ4v) is 3.14. The zero-order chi connectivity index (χ0) is 13.9. The first-order chi connectivity index (χ1) is 9.68. The molecule has 2 heterocycles. The van der Waals surface area contributed by atoms with E-state index in [2.05, 4.69) is 23.8 Å². The predicted octanol–water partition coefficient (Wildman–Crippen LogP) is 4.63. The molecule has 20 heavy (non-hydrogen) atoms. The molecule has 0 saturated heterocycles. The monoisotopic (exact) mass is 264 g/mol. The van der Waals surface area contributed by atoms with E-state index in [0.717, 1.165) is 38.2 Å². The Labute approximate surface area is 115 Å². The summed E-state index contributed by atoms with van der Waals surface area (Å²) in [7, 11) is 0. The first-order valence-electron chi connectivity index (χ1n) is 6.61. The molecule has 0 aliphatic heterocycles. The molecule has 0 bridgehead atoms. The Kier molecular flexibility index (Phi) is 2.16. The summed E-state index contributed by atoms with van der Waals surface area (Å²) in [6.45, 7) is 4.14. The van der Waals surface area contributed by atoms with Crippen molar-refractivity contribution < 1.29 is 4.39 Å². The van der Waals surface area contributed by atoms with E-state index in [-0.39, 0.29) is 5.82 Å². The second-order valence-corrected chi connectivity index (χ2v) is 5.21. The highest BCUT2D eigenvalue weighted by molar-refractivity contribution is 6.16. The Hall–Kier alpha value is -2.42. The van der Waals surface area contributed by atoms with E-state index in [1.807, 2.05) is 18.3 Å². The van der Waals surface area contributed by atoms with Crippen LogP contribution in [-0.2, 0) is 0 Å². The molecule has 1 N–H and O–H groups in total. The molecule has 0 radical (unpaired) electrons. The van der Waals surface area contributed by atoms with Gasteiger partial charge in [-0.2, -0.15) is 0 Å². The summed E-state index contributed by atoms with van der Waals surface area (Å²) in [5, 5.41) is 4.32. The largest absolute Gasteiger partial charge is 0.352 e. The van der Waals surface area contributed by atoms with Crippen molar-refractivity contribution in [2.24, 2.45) is 0 Å². The van der Waals surface area contributed by atoms with E-state index in [4.69, 9.17) is 0 Å². The third-order valence-corrected chi connectivity index (χ3v) is 4.16. The van der Waals surface area contributed by atoms with Gasteiger partial charge in [-0.15, -0.1) is 0 Å². The van der Waals surface area contributed by atoms with Crippen LogP contribution in [0, 0.1) is 19.7 Å². The number of nitrogens with zero attached hydrogens (tertiary/aromatic N) is 1. The Morgan fingerprint density at radius 3 is 2.65 bits per heavy atom. The lowest BCUT2D eigenvalue weighted by molar-refractivity contribution is 0.637. The predicted molar refractivity (Wildman–Crippen MR) is 80.5 cm³/mol. The zero-order valence-corrected chi connectivity index (χ0v) is 11.3. The highest BCUT2D eigenvalue weighted by atomic mass is 19.1. The van der Waals surface area contributed by atoms with Crippen molar-refractivity contribution in [3.05, 3.63) is 53.6 Å². The number of hydrogen-bond acceptors (Lipinski definition) is 1. The number of para-hydroxylation sites is 1. The normalized spacial score (nSPS) is 11.8. The molecule has 4 aromatic rings. The molecule has 0 saturated carbocycles. The van der Waals surface area contributed by atoms with E-state index >= 15 is 0 Å². The van der Waals surface area contributed by atoms with Gasteiger partial charge in [-0.1, -0.05) is 12.1 Å². The number of benzene rings is 2. The maximum absolute atomic E-state index is 14.0. The topological polar surface area (TPSA) is 28.7 Å². The van der Waals surface area contributed by atoms with Gasteiger partial charge in [0.1, 0.15) is 5.82 Å². The van der Waals surface area contributed by atoms with Crippen LogP contribution >= 0.6 is 0 Å². The van der Waals surface area contributed by atoms with Gasteiger partial charge < -0.3 is 4.98 Å². The van der Waals surface area contributed by atoms with Gasteiger partial charge in [0, 0.05) is 28.6 Å². The molecule has 2 nitrogen and oxygen atoms in total. The molecule has 0 spiro atoms. The number of aromatic nitrogens is 2. The van der Waals surface area contributed by atoms with Gasteiger partial charge in [0.05, 0.1) is 11.0 Å². The highest BCUT2D eigenvalue weighted by Gasteiger charge is 2.15. The Balaban J connectivity index is 2.39. The molecule has 0 aliphatic rings. The summed E-state index contributed by atoms with van der Waals surface area (Å²) in [5.74, 6) is -0.209. The van der Waals surface area contributed by atoms with Crippen LogP contribution in [-0.4, -0.2) is 9.97 Å². The minimum absolute atomic E-state index is 0.209. The van der Waals surface area contributed by atoms with Gasteiger partial charge in [0.2, 0.25) is 0 Å². The van der Waals surface area contributed by atoms with Crippen molar-refractivity contribution in [3.8, 4) is 0 Å². The lowest BCUT2D eigenvalue weighted by Crippen LogP contribution is -1.87. The number of hydrogen-bond donors (Lipinski definition) is 1. The van der Waals surface area contributed by atoms with E-state index in [1.165, 1.54) is 6.07 Å². The maximum Gasteiger partial charge on any atom is 0.147 e. The van der Waals surface area contributed by atoms with E-state index in [1.54, 1.807) is 12.3 Å². The molecule has 0 amide bonds. The van der Waals surface area contributed by atoms with Crippen LogP contribution in [0.4, 0.5) is 4.39 Å². The van der Waals surface area contributed by atoms with Crippen LogP contribution in [0.1, 0.15) is 11.1 Å². The number of H-pyrrole nitrogens is 1. The summed E-state index contributed by atoms with van der Waals surface area (Å²) in [6, 6.07) is 7.22. The van der Waals surface area contributed by atoms with Gasteiger partial charge in [-0.3, -0.25) is 4.98 Å². The average molecular weight is 264 g/mol.